The van der Waals surface area contributed by atoms with Crippen LogP contribution in [0.3, 0.4) is 0 Å². The molecule has 4 amide bonds. The number of hydrogen-bond donors (Lipinski definition) is 2. The molecule has 0 aromatic heterocycles. The molecular weight excluding hydrogens is 406 g/mol. The number of hydrogen-bond acceptors (Lipinski definition) is 4. The van der Waals surface area contributed by atoms with Crippen molar-refractivity contribution in [2.24, 2.45) is 5.92 Å². The number of aryl methyl sites for hydroxylation is 1. The number of benzene rings is 2. The fourth-order valence-electron chi connectivity index (χ4n) is 5.28. The average Bonchev–Trinajstić information content (AvgIpc) is 3.38. The molecule has 2 atom stereocenters. The van der Waals surface area contributed by atoms with Crippen LogP contribution in [0.4, 0.5) is 4.79 Å². The van der Waals surface area contributed by atoms with Crippen molar-refractivity contribution in [2.45, 2.75) is 43.7 Å². The third kappa shape index (κ3) is 3.72. The van der Waals surface area contributed by atoms with Crippen molar-refractivity contribution in [1.82, 2.24) is 15.5 Å². The van der Waals surface area contributed by atoms with E-state index < -0.39 is 17.7 Å². The van der Waals surface area contributed by atoms with Crippen molar-refractivity contribution in [3.05, 3.63) is 65.7 Å². The van der Waals surface area contributed by atoms with Crippen molar-refractivity contribution in [3.63, 3.8) is 0 Å². The summed E-state index contributed by atoms with van der Waals surface area (Å²) in [7, 11) is 0. The quantitative estimate of drug-likeness (QED) is 0.709. The smallest absolute Gasteiger partial charge is 0.322 e. The number of likely N-dealkylation sites (tertiary alicyclic amines) is 1. The molecule has 5 rings (SSSR count). The summed E-state index contributed by atoms with van der Waals surface area (Å²) < 4.78 is 5.87. The van der Waals surface area contributed by atoms with E-state index in [1.165, 1.54) is 0 Å². The zero-order chi connectivity index (χ0) is 22.1. The fraction of sp³-hybridized carbons (Fsp3) is 0.400. The molecule has 2 aromatic carbocycles. The van der Waals surface area contributed by atoms with Gasteiger partial charge in [0.05, 0.1) is 0 Å². The summed E-state index contributed by atoms with van der Waals surface area (Å²) in [4.78, 5) is 39.8. The SMILES string of the molecule is O=C1NC(=O)C(CCc2ccccc2)(C2CCN(C(=O)C3Cc4ccccc4O3)CC2)N1. The van der Waals surface area contributed by atoms with Gasteiger partial charge in [-0.1, -0.05) is 48.5 Å². The van der Waals surface area contributed by atoms with Gasteiger partial charge >= 0.3 is 6.03 Å². The summed E-state index contributed by atoms with van der Waals surface area (Å²) in [5, 5.41) is 5.38. The first-order chi connectivity index (χ1) is 15.5. The minimum Gasteiger partial charge on any atom is -0.480 e. The molecule has 2 unspecified atom stereocenters. The Morgan fingerprint density at radius 3 is 2.44 bits per heavy atom. The van der Waals surface area contributed by atoms with Crippen LogP contribution in [0.1, 0.15) is 30.4 Å². The zero-order valence-electron chi connectivity index (χ0n) is 17.9. The van der Waals surface area contributed by atoms with Crippen LogP contribution in [-0.2, 0) is 22.4 Å². The molecule has 166 valence electrons. The maximum absolute atomic E-state index is 13.1. The van der Waals surface area contributed by atoms with Crippen LogP contribution in [0.2, 0.25) is 0 Å². The second-order valence-corrected chi connectivity index (χ2v) is 8.88. The number of ether oxygens (including phenoxy) is 1. The highest BCUT2D eigenvalue weighted by Crippen LogP contribution is 2.36. The normalized spacial score (nSPS) is 25.1. The van der Waals surface area contributed by atoms with Gasteiger partial charge in [0.15, 0.2) is 6.10 Å². The molecule has 7 heteroatoms. The number of carbonyl (C=O) groups excluding carboxylic acids is 3. The molecule has 3 aliphatic heterocycles. The second-order valence-electron chi connectivity index (χ2n) is 8.88. The number of urea groups is 1. The van der Waals surface area contributed by atoms with Gasteiger partial charge < -0.3 is 15.0 Å². The van der Waals surface area contributed by atoms with Crippen LogP contribution in [0.15, 0.2) is 54.6 Å². The van der Waals surface area contributed by atoms with Crippen molar-refractivity contribution >= 4 is 17.8 Å². The van der Waals surface area contributed by atoms with Gasteiger partial charge in [0.1, 0.15) is 11.3 Å². The first-order valence-corrected chi connectivity index (χ1v) is 11.3. The minimum atomic E-state index is -0.928. The highest BCUT2D eigenvalue weighted by molar-refractivity contribution is 6.07. The fourth-order valence-corrected chi connectivity index (χ4v) is 5.28. The standard InChI is InChI=1S/C25H27N3O4/c29-22(21-16-18-8-4-5-9-20(18)32-21)28-14-11-19(12-15-28)25(23(30)26-24(31)27-25)13-10-17-6-2-1-3-7-17/h1-9,19,21H,10-16H2,(H2,26,27,30,31). The van der Waals surface area contributed by atoms with Crippen LogP contribution < -0.4 is 15.4 Å². The highest BCUT2D eigenvalue weighted by atomic mass is 16.5. The van der Waals surface area contributed by atoms with Gasteiger partial charge in [-0.25, -0.2) is 4.79 Å². The number of nitrogens with one attached hydrogen (secondary N) is 2. The van der Waals surface area contributed by atoms with E-state index in [4.69, 9.17) is 4.74 Å². The van der Waals surface area contributed by atoms with Crippen molar-refractivity contribution in [2.75, 3.05) is 13.1 Å². The Bertz CT molecular complexity index is 1010. The number of carbonyl (C=O) groups is 3. The number of piperidine rings is 1. The Morgan fingerprint density at radius 1 is 1.03 bits per heavy atom. The monoisotopic (exact) mass is 433 g/mol. The number of fused-ring (bicyclic) bond motifs is 1. The van der Waals surface area contributed by atoms with Crippen molar-refractivity contribution in [3.8, 4) is 5.75 Å². The van der Waals surface area contributed by atoms with E-state index in [-0.39, 0.29) is 17.7 Å². The van der Waals surface area contributed by atoms with E-state index in [0.717, 1.165) is 16.9 Å². The van der Waals surface area contributed by atoms with Gasteiger partial charge in [-0.3, -0.25) is 14.9 Å². The minimum absolute atomic E-state index is 0.00195. The van der Waals surface area contributed by atoms with Gasteiger partial charge in [-0.2, -0.15) is 0 Å². The van der Waals surface area contributed by atoms with Gasteiger partial charge in [0.25, 0.3) is 11.8 Å². The van der Waals surface area contributed by atoms with Crippen LogP contribution in [0.5, 0.6) is 5.75 Å². The lowest BCUT2D eigenvalue weighted by Gasteiger charge is -2.41. The number of nitrogens with zero attached hydrogens (tertiary/aromatic N) is 1. The summed E-state index contributed by atoms with van der Waals surface area (Å²) >= 11 is 0. The molecule has 0 radical (unpaired) electrons. The molecule has 2 N–H and O–H groups in total. The predicted octanol–water partition coefficient (Wildman–Crippen LogP) is 2.44. The van der Waals surface area contributed by atoms with Gasteiger partial charge in [0, 0.05) is 19.5 Å². The lowest BCUT2D eigenvalue weighted by atomic mass is 9.74. The number of amides is 4. The first kappa shape index (κ1) is 20.5. The van der Waals surface area contributed by atoms with E-state index in [9.17, 15) is 14.4 Å². The van der Waals surface area contributed by atoms with E-state index in [2.05, 4.69) is 10.6 Å². The summed E-state index contributed by atoms with van der Waals surface area (Å²) in [6, 6.07) is 17.3. The number of para-hydroxylation sites is 1. The van der Waals surface area contributed by atoms with Crippen molar-refractivity contribution < 1.29 is 19.1 Å². The van der Waals surface area contributed by atoms with E-state index in [1.54, 1.807) is 0 Å². The van der Waals surface area contributed by atoms with Crippen LogP contribution in [-0.4, -0.2) is 47.5 Å². The second kappa shape index (κ2) is 8.30. The predicted molar refractivity (Wildman–Crippen MR) is 118 cm³/mol. The molecule has 32 heavy (non-hydrogen) atoms. The van der Waals surface area contributed by atoms with Gasteiger partial charge in [-0.15, -0.1) is 0 Å². The summed E-state index contributed by atoms with van der Waals surface area (Å²) in [6.45, 7) is 1.10. The first-order valence-electron chi connectivity index (χ1n) is 11.3. The number of rotatable bonds is 5. The van der Waals surface area contributed by atoms with Crippen molar-refractivity contribution in [1.29, 1.82) is 0 Å². The van der Waals surface area contributed by atoms with Crippen LogP contribution >= 0.6 is 0 Å². The Kier molecular flexibility index (Phi) is 5.33. The topological polar surface area (TPSA) is 87.7 Å². The zero-order valence-corrected chi connectivity index (χ0v) is 17.9. The van der Waals surface area contributed by atoms with E-state index in [1.807, 2.05) is 59.5 Å². The van der Waals surface area contributed by atoms with E-state index >= 15 is 0 Å². The molecule has 2 saturated heterocycles. The number of imide groups is 1. The van der Waals surface area contributed by atoms with Gasteiger partial charge in [-0.05, 0) is 48.8 Å². The highest BCUT2D eigenvalue weighted by Gasteiger charge is 2.52. The molecule has 7 nitrogen and oxygen atoms in total. The van der Waals surface area contributed by atoms with Crippen LogP contribution in [0, 0.1) is 5.92 Å². The van der Waals surface area contributed by atoms with E-state index in [0.29, 0.717) is 45.2 Å². The molecule has 2 aromatic rings. The Hall–Kier alpha value is -3.35. The molecule has 3 heterocycles. The molecule has 0 bridgehead atoms. The molecule has 0 aliphatic carbocycles. The molecule has 0 saturated carbocycles. The van der Waals surface area contributed by atoms with Crippen LogP contribution in [0.25, 0.3) is 0 Å². The molecule has 3 aliphatic rings. The Labute approximate surface area is 187 Å². The Morgan fingerprint density at radius 2 is 1.75 bits per heavy atom. The largest absolute Gasteiger partial charge is 0.480 e. The molecule has 0 spiro atoms. The lowest BCUT2D eigenvalue weighted by molar-refractivity contribution is -0.140. The summed E-state index contributed by atoms with van der Waals surface area (Å²) in [6.07, 6.45) is 2.66. The Balaban J connectivity index is 1.24. The molecular formula is C25H27N3O4. The average molecular weight is 434 g/mol. The maximum atomic E-state index is 13.1. The molecule has 2 fully saturated rings. The van der Waals surface area contributed by atoms with Gasteiger partial charge in [0.2, 0.25) is 0 Å². The summed E-state index contributed by atoms with van der Waals surface area (Å²) in [5.74, 6) is 0.505. The third-order valence-corrected chi connectivity index (χ3v) is 7.05. The lowest BCUT2D eigenvalue weighted by Crippen LogP contribution is -2.57. The maximum Gasteiger partial charge on any atom is 0.322 e. The summed E-state index contributed by atoms with van der Waals surface area (Å²) in [5.41, 5.74) is 1.26. The third-order valence-electron chi connectivity index (χ3n) is 7.05.